The van der Waals surface area contributed by atoms with Gasteiger partial charge in [0, 0.05) is 17.6 Å². The minimum Gasteiger partial charge on any atom is -0.425 e. The van der Waals surface area contributed by atoms with Crippen LogP contribution in [-0.4, -0.2) is 77.8 Å². The number of carbonyl (C=O) groups excluding carboxylic acids is 1. The molecule has 1 aliphatic carbocycles. The second kappa shape index (κ2) is 10.2. The van der Waals surface area contributed by atoms with Crippen molar-refractivity contribution < 1.29 is 27.8 Å². The molecular weight excluding hydrogens is 587 g/mol. The van der Waals surface area contributed by atoms with E-state index in [-0.39, 0.29) is 39.5 Å². The van der Waals surface area contributed by atoms with E-state index < -0.39 is 44.7 Å². The maximum absolute atomic E-state index is 15.4. The first-order valence-electron chi connectivity index (χ1n) is 14.2. The maximum Gasteiger partial charge on any atom is 0.277 e. The maximum atomic E-state index is 15.4. The SMILES string of the molecule is CC(C)n1c(C(C)(C)O)nc2c(F)cc(-c3nc(N[C@@H]4C[C@H]5CC(S(=O)(=O)C6CCC6)N5[C@@H]([OH2+])C4=O)ncc3Cl)cc21. The highest BCUT2D eigenvalue weighted by Crippen LogP contribution is 2.43. The Morgan fingerprint density at radius 1 is 1.21 bits per heavy atom. The van der Waals surface area contributed by atoms with Crippen molar-refractivity contribution in [1.29, 1.82) is 0 Å². The Balaban J connectivity index is 1.28. The molecular formula is C28H35ClFN6O5S+. The number of fused-ring (bicyclic) bond motifs is 2. The van der Waals surface area contributed by atoms with Crippen LogP contribution in [0.5, 0.6) is 0 Å². The summed E-state index contributed by atoms with van der Waals surface area (Å²) in [6.07, 6.45) is 2.94. The van der Waals surface area contributed by atoms with Crippen molar-refractivity contribution in [2.45, 2.75) is 100 Å². The molecule has 6 rings (SSSR count). The molecule has 4 atom stereocenters. The van der Waals surface area contributed by atoms with Crippen LogP contribution in [-0.2, 0) is 20.2 Å². The smallest absolute Gasteiger partial charge is 0.277 e. The molecule has 2 aromatic heterocycles. The average molecular weight is 622 g/mol. The van der Waals surface area contributed by atoms with Crippen LogP contribution in [0.25, 0.3) is 22.3 Å². The molecule has 3 aromatic rings. The zero-order chi connectivity index (χ0) is 30.3. The first-order chi connectivity index (χ1) is 19.7. The van der Waals surface area contributed by atoms with Crippen LogP contribution in [0.4, 0.5) is 10.3 Å². The summed E-state index contributed by atoms with van der Waals surface area (Å²) in [5.74, 6) is -0.644. The van der Waals surface area contributed by atoms with Crippen LogP contribution in [0.1, 0.15) is 71.7 Å². The monoisotopic (exact) mass is 621 g/mol. The van der Waals surface area contributed by atoms with Gasteiger partial charge in [0.25, 0.3) is 6.23 Å². The molecule has 1 saturated carbocycles. The summed E-state index contributed by atoms with van der Waals surface area (Å²) in [6, 6.07) is 1.85. The van der Waals surface area contributed by atoms with Crippen molar-refractivity contribution in [1.82, 2.24) is 24.4 Å². The largest absolute Gasteiger partial charge is 0.425 e. The number of nitrogens with zero attached hydrogens (tertiary/aromatic N) is 5. The molecule has 4 N–H and O–H groups in total. The Bertz CT molecular complexity index is 1690. The fourth-order valence-corrected chi connectivity index (χ4v) is 9.05. The molecule has 4 heterocycles. The van der Waals surface area contributed by atoms with Crippen LogP contribution >= 0.6 is 11.6 Å². The number of carbonyl (C=O) groups is 1. The van der Waals surface area contributed by atoms with Gasteiger partial charge in [-0.25, -0.2) is 32.7 Å². The molecule has 2 aliphatic heterocycles. The Morgan fingerprint density at radius 3 is 2.55 bits per heavy atom. The minimum absolute atomic E-state index is 0.0846. The van der Waals surface area contributed by atoms with Gasteiger partial charge in [0.1, 0.15) is 22.3 Å². The normalized spacial score (nSPS) is 25.4. The first-order valence-corrected chi connectivity index (χ1v) is 16.2. The molecule has 1 aromatic carbocycles. The van der Waals surface area contributed by atoms with Crippen LogP contribution in [0.2, 0.25) is 5.02 Å². The van der Waals surface area contributed by atoms with Gasteiger partial charge in [-0.3, -0.25) is 4.79 Å². The second-order valence-electron chi connectivity index (χ2n) is 12.3. The van der Waals surface area contributed by atoms with Gasteiger partial charge in [-0.05, 0) is 65.5 Å². The lowest BCUT2D eigenvalue weighted by Crippen LogP contribution is -2.71. The van der Waals surface area contributed by atoms with Gasteiger partial charge < -0.3 is 20.1 Å². The lowest BCUT2D eigenvalue weighted by Gasteiger charge is -2.52. The number of nitrogens with one attached hydrogen (secondary N) is 1. The third kappa shape index (κ3) is 4.69. The molecule has 14 heteroatoms. The molecule has 0 spiro atoms. The number of benzene rings is 1. The number of aromatic nitrogens is 4. The molecule has 226 valence electrons. The summed E-state index contributed by atoms with van der Waals surface area (Å²) < 4.78 is 43.1. The standard InChI is InChI=1S/C28H34ClFN6O5S/c1-13(2)35-20-9-14(8-18(30)23(20)33-26(35)28(3,4)39)22-17(29)12-31-27(34-22)32-19-10-15-11-21(36(15)25(38)24(19)37)42(40,41)16-6-5-7-16/h8-9,12-13,15-16,19,21,25,38-39H,5-7,10-11H2,1-4H3,(H,31,32,34)/p+1/t15-,19+,21?,25-/m0/s1. The van der Waals surface area contributed by atoms with E-state index in [0.717, 1.165) is 6.42 Å². The third-order valence-electron chi connectivity index (χ3n) is 8.68. The molecule has 11 nitrogen and oxygen atoms in total. The van der Waals surface area contributed by atoms with Crippen molar-refractivity contribution in [3.05, 3.63) is 35.0 Å². The summed E-state index contributed by atoms with van der Waals surface area (Å²) in [5.41, 5.74) is -0.123. The molecule has 2 saturated heterocycles. The number of Topliss-reactive ketones (excluding diaryl/α,β-unsaturated/α-hetero) is 1. The summed E-state index contributed by atoms with van der Waals surface area (Å²) in [7, 11) is -3.40. The lowest BCUT2D eigenvalue weighted by molar-refractivity contribution is -0.161. The fourth-order valence-electron chi connectivity index (χ4n) is 6.29. The molecule has 42 heavy (non-hydrogen) atoms. The third-order valence-corrected chi connectivity index (χ3v) is 11.5. The van der Waals surface area contributed by atoms with Crippen LogP contribution in [0, 0.1) is 5.82 Å². The molecule has 1 unspecified atom stereocenters. The van der Waals surface area contributed by atoms with E-state index in [9.17, 15) is 18.3 Å². The van der Waals surface area contributed by atoms with Gasteiger partial charge in [0.15, 0.2) is 15.7 Å². The topological polar surface area (TPSA) is 153 Å². The van der Waals surface area contributed by atoms with E-state index in [1.165, 1.54) is 17.2 Å². The zero-order valence-electron chi connectivity index (χ0n) is 23.8. The van der Waals surface area contributed by atoms with Gasteiger partial charge in [-0.2, -0.15) is 0 Å². The zero-order valence-corrected chi connectivity index (χ0v) is 25.4. The van der Waals surface area contributed by atoms with E-state index in [1.807, 2.05) is 13.8 Å². The predicted molar refractivity (Wildman–Crippen MR) is 156 cm³/mol. The highest BCUT2D eigenvalue weighted by atomic mass is 35.5. The van der Waals surface area contributed by atoms with Gasteiger partial charge in [0.2, 0.25) is 11.7 Å². The summed E-state index contributed by atoms with van der Waals surface area (Å²) in [5, 5.41) is 21.3. The quantitative estimate of drug-likeness (QED) is 0.378. The highest BCUT2D eigenvalue weighted by molar-refractivity contribution is 7.92. The fraction of sp³-hybridized carbons (Fsp3) is 0.571. The van der Waals surface area contributed by atoms with Crippen molar-refractivity contribution in [3.8, 4) is 11.3 Å². The van der Waals surface area contributed by atoms with Gasteiger partial charge in [-0.1, -0.05) is 18.0 Å². The number of piperidine rings is 1. The number of imidazole rings is 1. The van der Waals surface area contributed by atoms with Crippen LogP contribution in [0.3, 0.4) is 0 Å². The highest BCUT2D eigenvalue weighted by Gasteiger charge is 2.59. The summed E-state index contributed by atoms with van der Waals surface area (Å²) >= 11 is 6.46. The molecule has 0 radical (unpaired) electrons. The minimum atomic E-state index is -3.40. The van der Waals surface area contributed by atoms with E-state index >= 15 is 4.39 Å². The van der Waals surface area contributed by atoms with Crippen molar-refractivity contribution >= 4 is 44.2 Å². The van der Waals surface area contributed by atoms with Crippen LogP contribution in [0.15, 0.2) is 18.3 Å². The number of anilines is 1. The number of rotatable bonds is 7. The van der Waals surface area contributed by atoms with E-state index in [2.05, 4.69) is 20.3 Å². The Labute approximate surface area is 248 Å². The van der Waals surface area contributed by atoms with Crippen molar-refractivity contribution in [2.75, 3.05) is 5.32 Å². The van der Waals surface area contributed by atoms with E-state index in [1.54, 1.807) is 24.5 Å². The Kier molecular flexibility index (Phi) is 7.12. The Morgan fingerprint density at radius 2 is 1.93 bits per heavy atom. The molecule has 3 fully saturated rings. The van der Waals surface area contributed by atoms with E-state index in [4.69, 9.17) is 16.7 Å². The van der Waals surface area contributed by atoms with E-state index in [0.29, 0.717) is 42.6 Å². The Hall–Kier alpha value is -2.71. The lowest BCUT2D eigenvalue weighted by atomic mass is 9.86. The predicted octanol–water partition coefficient (Wildman–Crippen LogP) is 3.27. The van der Waals surface area contributed by atoms with Crippen LogP contribution < -0.4 is 5.32 Å². The number of halogens is 2. The van der Waals surface area contributed by atoms with Gasteiger partial charge in [-0.15, -0.1) is 0 Å². The van der Waals surface area contributed by atoms with Crippen molar-refractivity contribution in [3.63, 3.8) is 0 Å². The molecule has 3 aliphatic rings. The average Bonchev–Trinajstić information content (AvgIpc) is 3.25. The number of hydrogen-bond acceptors (Lipinski definition) is 9. The van der Waals surface area contributed by atoms with Crippen molar-refractivity contribution in [2.24, 2.45) is 0 Å². The number of hydrogen-bond donors (Lipinski definition) is 2. The van der Waals surface area contributed by atoms with Gasteiger partial charge in [0.05, 0.1) is 33.7 Å². The first kappa shape index (κ1) is 29.4. The van der Waals surface area contributed by atoms with Gasteiger partial charge >= 0.3 is 0 Å². The molecule has 0 bridgehead atoms. The molecule has 0 amide bonds. The number of sulfone groups is 1. The number of ketones is 1. The second-order valence-corrected chi connectivity index (χ2v) is 15.1. The summed E-state index contributed by atoms with van der Waals surface area (Å²) in [6.45, 7) is 7.01. The number of aliphatic hydroxyl groups is 1. The summed E-state index contributed by atoms with van der Waals surface area (Å²) in [4.78, 5) is 27.8.